The lowest BCUT2D eigenvalue weighted by molar-refractivity contribution is 0.623. The van der Waals surface area contributed by atoms with Gasteiger partial charge >= 0.3 is 0 Å². The SMILES string of the molecule is CCCC(CC)Nc1cc(Cl)ccc1C(N)=S. The number of halogens is 1. The molecule has 17 heavy (non-hydrogen) atoms. The largest absolute Gasteiger partial charge is 0.389 e. The Labute approximate surface area is 114 Å². The fourth-order valence-electron chi connectivity index (χ4n) is 1.80. The van der Waals surface area contributed by atoms with Crippen LogP contribution in [0.15, 0.2) is 18.2 Å². The summed E-state index contributed by atoms with van der Waals surface area (Å²) in [5, 5.41) is 4.16. The van der Waals surface area contributed by atoms with Gasteiger partial charge < -0.3 is 11.1 Å². The summed E-state index contributed by atoms with van der Waals surface area (Å²) >= 11 is 11.0. The van der Waals surface area contributed by atoms with E-state index in [1.54, 1.807) is 0 Å². The molecule has 0 aromatic heterocycles. The minimum Gasteiger partial charge on any atom is -0.389 e. The number of nitrogens with two attached hydrogens (primary N) is 1. The van der Waals surface area contributed by atoms with Gasteiger partial charge in [-0.3, -0.25) is 0 Å². The van der Waals surface area contributed by atoms with Crippen LogP contribution in [0.2, 0.25) is 5.02 Å². The first-order valence-electron chi connectivity index (χ1n) is 5.94. The number of benzene rings is 1. The van der Waals surface area contributed by atoms with Crippen molar-refractivity contribution in [3.8, 4) is 0 Å². The Balaban J connectivity index is 2.94. The van der Waals surface area contributed by atoms with E-state index in [-0.39, 0.29) is 0 Å². The molecule has 0 fully saturated rings. The Hall–Kier alpha value is -0.800. The fraction of sp³-hybridized carbons (Fsp3) is 0.462. The predicted molar refractivity (Wildman–Crippen MR) is 79.9 cm³/mol. The van der Waals surface area contributed by atoms with E-state index in [1.807, 2.05) is 18.2 Å². The summed E-state index contributed by atoms with van der Waals surface area (Å²) in [7, 11) is 0. The van der Waals surface area contributed by atoms with Crippen molar-refractivity contribution in [1.82, 2.24) is 0 Å². The fourth-order valence-corrected chi connectivity index (χ4v) is 2.15. The minimum absolute atomic E-state index is 0.399. The first kappa shape index (κ1) is 14.3. The van der Waals surface area contributed by atoms with E-state index in [4.69, 9.17) is 29.6 Å². The van der Waals surface area contributed by atoms with Crippen molar-refractivity contribution < 1.29 is 0 Å². The summed E-state index contributed by atoms with van der Waals surface area (Å²) in [4.78, 5) is 0.399. The summed E-state index contributed by atoms with van der Waals surface area (Å²) in [6.07, 6.45) is 3.34. The summed E-state index contributed by atoms with van der Waals surface area (Å²) in [5.41, 5.74) is 7.50. The van der Waals surface area contributed by atoms with Crippen LogP contribution in [0.25, 0.3) is 0 Å². The molecule has 3 N–H and O–H groups in total. The van der Waals surface area contributed by atoms with Crippen molar-refractivity contribution in [2.45, 2.75) is 39.2 Å². The summed E-state index contributed by atoms with van der Waals surface area (Å²) in [6.45, 7) is 4.34. The van der Waals surface area contributed by atoms with Crippen LogP contribution in [0.5, 0.6) is 0 Å². The third-order valence-corrected chi connectivity index (χ3v) is 3.19. The topological polar surface area (TPSA) is 38.0 Å². The zero-order valence-corrected chi connectivity index (χ0v) is 11.9. The Bertz CT molecular complexity index is 393. The van der Waals surface area contributed by atoms with Crippen LogP contribution in [0.3, 0.4) is 0 Å². The van der Waals surface area contributed by atoms with Crippen LogP contribution in [0, 0.1) is 0 Å². The number of hydrogen-bond acceptors (Lipinski definition) is 2. The van der Waals surface area contributed by atoms with Gasteiger partial charge in [-0.25, -0.2) is 0 Å². The molecule has 1 rings (SSSR count). The molecule has 0 heterocycles. The van der Waals surface area contributed by atoms with Crippen LogP contribution >= 0.6 is 23.8 Å². The van der Waals surface area contributed by atoms with Gasteiger partial charge in [-0.15, -0.1) is 0 Å². The lowest BCUT2D eigenvalue weighted by Crippen LogP contribution is -2.21. The third-order valence-electron chi connectivity index (χ3n) is 2.74. The molecule has 1 unspecified atom stereocenters. The zero-order valence-electron chi connectivity index (χ0n) is 10.3. The normalized spacial score (nSPS) is 12.2. The lowest BCUT2D eigenvalue weighted by Gasteiger charge is -2.20. The van der Waals surface area contributed by atoms with Crippen LogP contribution in [0.4, 0.5) is 5.69 Å². The van der Waals surface area contributed by atoms with E-state index in [0.29, 0.717) is 16.1 Å². The summed E-state index contributed by atoms with van der Waals surface area (Å²) < 4.78 is 0. The quantitative estimate of drug-likeness (QED) is 0.769. The van der Waals surface area contributed by atoms with Crippen LogP contribution in [-0.4, -0.2) is 11.0 Å². The Morgan fingerprint density at radius 1 is 1.47 bits per heavy atom. The average molecular weight is 271 g/mol. The van der Waals surface area contributed by atoms with Gasteiger partial charge in [0, 0.05) is 22.3 Å². The average Bonchev–Trinajstić information content (AvgIpc) is 2.28. The van der Waals surface area contributed by atoms with E-state index >= 15 is 0 Å². The van der Waals surface area contributed by atoms with Crippen molar-refractivity contribution in [2.24, 2.45) is 5.73 Å². The number of thiocarbonyl (C=S) groups is 1. The molecule has 0 bridgehead atoms. The summed E-state index contributed by atoms with van der Waals surface area (Å²) in [6, 6.07) is 5.99. The zero-order chi connectivity index (χ0) is 12.8. The van der Waals surface area contributed by atoms with Gasteiger partial charge in [-0.2, -0.15) is 0 Å². The highest BCUT2D eigenvalue weighted by atomic mass is 35.5. The van der Waals surface area contributed by atoms with Crippen LogP contribution in [-0.2, 0) is 0 Å². The molecule has 4 heteroatoms. The van der Waals surface area contributed by atoms with Crippen molar-refractivity contribution >= 4 is 34.5 Å². The van der Waals surface area contributed by atoms with Crippen molar-refractivity contribution in [1.29, 1.82) is 0 Å². The second-order valence-electron chi connectivity index (χ2n) is 4.09. The molecule has 0 saturated heterocycles. The first-order valence-corrected chi connectivity index (χ1v) is 6.73. The monoisotopic (exact) mass is 270 g/mol. The molecule has 1 atom stereocenters. The molecule has 2 nitrogen and oxygen atoms in total. The van der Waals surface area contributed by atoms with Crippen molar-refractivity contribution in [3.63, 3.8) is 0 Å². The maximum Gasteiger partial charge on any atom is 0.106 e. The van der Waals surface area contributed by atoms with E-state index in [2.05, 4.69) is 19.2 Å². The molecular weight excluding hydrogens is 252 g/mol. The molecule has 0 spiro atoms. The van der Waals surface area contributed by atoms with Gasteiger partial charge in [-0.05, 0) is 31.0 Å². The first-order chi connectivity index (χ1) is 8.08. The van der Waals surface area contributed by atoms with E-state index < -0.39 is 0 Å². The maximum atomic E-state index is 6.00. The lowest BCUT2D eigenvalue weighted by atomic mass is 10.1. The minimum atomic E-state index is 0.399. The number of anilines is 1. The Kier molecular flexibility index (Phi) is 5.72. The van der Waals surface area contributed by atoms with Gasteiger partial charge in [0.1, 0.15) is 4.99 Å². The predicted octanol–water partition coefficient (Wildman–Crippen LogP) is 3.96. The summed E-state index contributed by atoms with van der Waals surface area (Å²) in [5.74, 6) is 0. The highest BCUT2D eigenvalue weighted by Gasteiger charge is 2.10. The highest BCUT2D eigenvalue weighted by molar-refractivity contribution is 7.80. The molecule has 1 aromatic carbocycles. The molecule has 0 aliphatic heterocycles. The van der Waals surface area contributed by atoms with E-state index in [1.165, 1.54) is 0 Å². The molecule has 1 aromatic rings. The van der Waals surface area contributed by atoms with Gasteiger partial charge in [0.25, 0.3) is 0 Å². The molecule has 94 valence electrons. The highest BCUT2D eigenvalue weighted by Crippen LogP contribution is 2.23. The van der Waals surface area contributed by atoms with Crippen molar-refractivity contribution in [2.75, 3.05) is 5.32 Å². The molecular formula is C13H19ClN2S. The van der Waals surface area contributed by atoms with E-state index in [9.17, 15) is 0 Å². The van der Waals surface area contributed by atoms with Gasteiger partial charge in [0.2, 0.25) is 0 Å². The van der Waals surface area contributed by atoms with Gasteiger partial charge in [0.15, 0.2) is 0 Å². The third kappa shape index (κ3) is 4.17. The van der Waals surface area contributed by atoms with Crippen molar-refractivity contribution in [3.05, 3.63) is 28.8 Å². The van der Waals surface area contributed by atoms with E-state index in [0.717, 1.165) is 30.5 Å². The number of hydrogen-bond donors (Lipinski definition) is 2. The second kappa shape index (κ2) is 6.82. The smallest absolute Gasteiger partial charge is 0.106 e. The molecule has 0 radical (unpaired) electrons. The maximum absolute atomic E-state index is 6.00. The molecule has 0 aliphatic carbocycles. The van der Waals surface area contributed by atoms with Crippen LogP contribution in [0.1, 0.15) is 38.7 Å². The molecule has 0 aliphatic rings. The van der Waals surface area contributed by atoms with Gasteiger partial charge in [0.05, 0.1) is 0 Å². The van der Waals surface area contributed by atoms with Crippen LogP contribution < -0.4 is 11.1 Å². The number of nitrogens with one attached hydrogen (secondary N) is 1. The standard InChI is InChI=1S/C13H19ClN2S/c1-3-5-10(4-2)16-12-8-9(14)6-7-11(12)13(15)17/h6-8,10,16H,3-5H2,1-2H3,(H2,15,17). The molecule has 0 saturated carbocycles. The Morgan fingerprint density at radius 3 is 2.71 bits per heavy atom. The Morgan fingerprint density at radius 2 is 2.18 bits per heavy atom. The number of rotatable bonds is 6. The second-order valence-corrected chi connectivity index (χ2v) is 4.97. The molecule has 0 amide bonds. The van der Waals surface area contributed by atoms with Gasteiger partial charge in [-0.1, -0.05) is 44.1 Å².